The van der Waals surface area contributed by atoms with Crippen LogP contribution in [0.5, 0.6) is 0 Å². The first-order valence-corrected chi connectivity index (χ1v) is 8.40. The number of halogens is 2. The molecule has 0 unspecified atom stereocenters. The van der Waals surface area contributed by atoms with Gasteiger partial charge in [0, 0.05) is 5.02 Å². The van der Waals surface area contributed by atoms with E-state index in [4.69, 9.17) is 23.2 Å². The second kappa shape index (κ2) is 9.20. The van der Waals surface area contributed by atoms with Gasteiger partial charge in [-0.05, 0) is 36.4 Å². The van der Waals surface area contributed by atoms with Crippen LogP contribution in [-0.4, -0.2) is 38.0 Å². The Hall–Kier alpha value is -3.10. The van der Waals surface area contributed by atoms with Crippen LogP contribution in [0.3, 0.4) is 0 Å². The molecule has 10 heteroatoms. The van der Waals surface area contributed by atoms with Crippen LogP contribution in [0.4, 0.5) is 11.4 Å². The predicted octanol–water partition coefficient (Wildman–Crippen LogP) is 3.14. The molecule has 2 aromatic carbocycles. The molecule has 2 amide bonds. The molecule has 146 valence electrons. The van der Waals surface area contributed by atoms with E-state index >= 15 is 0 Å². The fraction of sp³-hybridized carbons (Fsp3) is 0.111. The van der Waals surface area contributed by atoms with Crippen LogP contribution >= 0.6 is 23.2 Å². The lowest BCUT2D eigenvalue weighted by molar-refractivity contribution is -0.133. The molecule has 0 saturated heterocycles. The Morgan fingerprint density at radius 1 is 0.786 bits per heavy atom. The number of benzene rings is 2. The number of anilines is 2. The monoisotopic (exact) mass is 424 g/mol. The summed E-state index contributed by atoms with van der Waals surface area (Å²) in [5.74, 6) is -3.61. The number of methoxy groups -OCH3 is 2. The zero-order valence-corrected chi connectivity index (χ0v) is 16.2. The summed E-state index contributed by atoms with van der Waals surface area (Å²) in [6, 6.07) is 8.08. The van der Waals surface area contributed by atoms with Gasteiger partial charge in [-0.2, -0.15) is 0 Å². The topological polar surface area (TPSA) is 111 Å². The fourth-order valence-electron chi connectivity index (χ4n) is 2.13. The van der Waals surface area contributed by atoms with E-state index in [2.05, 4.69) is 20.1 Å². The summed E-state index contributed by atoms with van der Waals surface area (Å²) in [7, 11) is 2.33. The standard InChI is InChI=1S/C18H14Cl2N2O6/c1-27-17(25)9-3-5-11(18(26)28-2)14(7-9)22-16(24)15(23)21-13-6-4-10(19)8-12(13)20/h3-8H,1-2H3,(H,21,23)(H,22,24). The highest BCUT2D eigenvalue weighted by atomic mass is 35.5. The van der Waals surface area contributed by atoms with E-state index in [-0.39, 0.29) is 27.5 Å². The van der Waals surface area contributed by atoms with Gasteiger partial charge in [0.25, 0.3) is 0 Å². The molecule has 0 heterocycles. The van der Waals surface area contributed by atoms with Crippen LogP contribution in [0.25, 0.3) is 0 Å². The number of ether oxygens (including phenoxy) is 2. The van der Waals surface area contributed by atoms with Crippen LogP contribution in [-0.2, 0) is 19.1 Å². The molecule has 0 saturated carbocycles. The summed E-state index contributed by atoms with van der Waals surface area (Å²) < 4.78 is 9.23. The van der Waals surface area contributed by atoms with E-state index in [1.807, 2.05) is 0 Å². The lowest BCUT2D eigenvalue weighted by Crippen LogP contribution is -2.30. The van der Waals surface area contributed by atoms with E-state index in [1.165, 1.54) is 43.5 Å². The molecule has 0 spiro atoms. The highest BCUT2D eigenvalue weighted by molar-refractivity contribution is 6.45. The van der Waals surface area contributed by atoms with E-state index in [0.717, 1.165) is 7.11 Å². The van der Waals surface area contributed by atoms with E-state index < -0.39 is 23.8 Å². The van der Waals surface area contributed by atoms with Crippen LogP contribution in [0.15, 0.2) is 36.4 Å². The predicted molar refractivity (Wildman–Crippen MR) is 103 cm³/mol. The third kappa shape index (κ3) is 4.99. The molecule has 8 nitrogen and oxygen atoms in total. The normalized spacial score (nSPS) is 10.0. The minimum absolute atomic E-state index is 0.0548. The van der Waals surface area contributed by atoms with Crippen molar-refractivity contribution in [1.82, 2.24) is 0 Å². The number of esters is 2. The van der Waals surface area contributed by atoms with Gasteiger partial charge in [-0.25, -0.2) is 9.59 Å². The zero-order chi connectivity index (χ0) is 20.8. The SMILES string of the molecule is COC(=O)c1ccc(C(=O)OC)c(NC(=O)C(=O)Nc2ccc(Cl)cc2Cl)c1. The van der Waals surface area contributed by atoms with Gasteiger partial charge in [0.05, 0.1) is 41.7 Å². The molecule has 28 heavy (non-hydrogen) atoms. The third-order valence-corrected chi connectivity index (χ3v) is 4.03. The maximum Gasteiger partial charge on any atom is 0.339 e. The van der Waals surface area contributed by atoms with Crippen LogP contribution in [0.1, 0.15) is 20.7 Å². The van der Waals surface area contributed by atoms with Crippen LogP contribution < -0.4 is 10.6 Å². The number of amides is 2. The zero-order valence-electron chi connectivity index (χ0n) is 14.7. The molecule has 0 atom stereocenters. The molecule has 0 aliphatic heterocycles. The molecule has 0 aliphatic rings. The van der Waals surface area contributed by atoms with Crippen molar-refractivity contribution in [2.75, 3.05) is 24.9 Å². The summed E-state index contributed by atoms with van der Waals surface area (Å²) >= 11 is 11.7. The summed E-state index contributed by atoms with van der Waals surface area (Å²) in [4.78, 5) is 48.0. The average Bonchev–Trinajstić information content (AvgIpc) is 2.68. The summed E-state index contributed by atoms with van der Waals surface area (Å²) in [5.41, 5.74) is 0.0762. The number of hydrogen-bond donors (Lipinski definition) is 2. The number of rotatable bonds is 4. The largest absolute Gasteiger partial charge is 0.465 e. The van der Waals surface area contributed by atoms with Crippen molar-refractivity contribution in [2.24, 2.45) is 0 Å². The van der Waals surface area contributed by atoms with Gasteiger partial charge < -0.3 is 20.1 Å². The Morgan fingerprint density at radius 3 is 1.96 bits per heavy atom. The van der Waals surface area contributed by atoms with Crippen LogP contribution in [0, 0.1) is 0 Å². The molecule has 2 N–H and O–H groups in total. The minimum atomic E-state index is -1.10. The van der Waals surface area contributed by atoms with Gasteiger partial charge in [-0.3, -0.25) is 9.59 Å². The van der Waals surface area contributed by atoms with Crippen molar-refractivity contribution in [3.8, 4) is 0 Å². The fourth-order valence-corrected chi connectivity index (χ4v) is 2.59. The second-order valence-electron chi connectivity index (χ2n) is 5.28. The van der Waals surface area contributed by atoms with Crippen molar-refractivity contribution in [2.45, 2.75) is 0 Å². The Morgan fingerprint density at radius 2 is 1.39 bits per heavy atom. The summed E-state index contributed by atoms with van der Waals surface area (Å²) in [6.45, 7) is 0. The minimum Gasteiger partial charge on any atom is -0.465 e. The Balaban J connectivity index is 2.26. The molecule has 0 fully saturated rings. The first-order chi connectivity index (χ1) is 13.3. The maximum absolute atomic E-state index is 12.2. The molecule has 0 bridgehead atoms. The van der Waals surface area contributed by atoms with Gasteiger partial charge in [0.2, 0.25) is 0 Å². The average molecular weight is 425 g/mol. The van der Waals surface area contributed by atoms with Gasteiger partial charge >= 0.3 is 23.8 Å². The Kier molecular flexibility index (Phi) is 6.97. The summed E-state index contributed by atoms with van der Waals surface area (Å²) in [6.07, 6.45) is 0. The molecule has 0 aliphatic carbocycles. The maximum atomic E-state index is 12.2. The van der Waals surface area contributed by atoms with Gasteiger partial charge in [-0.1, -0.05) is 23.2 Å². The first kappa shape index (κ1) is 21.2. The lowest BCUT2D eigenvalue weighted by Gasteiger charge is -2.12. The second-order valence-corrected chi connectivity index (χ2v) is 6.12. The summed E-state index contributed by atoms with van der Waals surface area (Å²) in [5, 5.41) is 5.08. The molecule has 0 radical (unpaired) electrons. The van der Waals surface area contributed by atoms with E-state index in [1.54, 1.807) is 0 Å². The number of carbonyl (C=O) groups excluding carboxylic acids is 4. The van der Waals surface area contributed by atoms with Crippen molar-refractivity contribution < 1.29 is 28.7 Å². The smallest absolute Gasteiger partial charge is 0.339 e. The Bertz CT molecular complexity index is 961. The highest BCUT2D eigenvalue weighted by Gasteiger charge is 2.21. The molecule has 2 aromatic rings. The molecular formula is C18H14Cl2N2O6. The Labute approximate surface area is 169 Å². The lowest BCUT2D eigenvalue weighted by atomic mass is 10.1. The number of hydrogen-bond acceptors (Lipinski definition) is 6. The van der Waals surface area contributed by atoms with Crippen molar-refractivity contribution in [1.29, 1.82) is 0 Å². The van der Waals surface area contributed by atoms with Gasteiger partial charge in [0.15, 0.2) is 0 Å². The van der Waals surface area contributed by atoms with E-state index in [9.17, 15) is 19.2 Å². The van der Waals surface area contributed by atoms with Crippen molar-refractivity contribution in [3.63, 3.8) is 0 Å². The highest BCUT2D eigenvalue weighted by Crippen LogP contribution is 2.25. The van der Waals surface area contributed by atoms with Gasteiger partial charge in [-0.15, -0.1) is 0 Å². The molecular weight excluding hydrogens is 411 g/mol. The first-order valence-electron chi connectivity index (χ1n) is 7.65. The van der Waals surface area contributed by atoms with Crippen molar-refractivity contribution in [3.05, 3.63) is 57.6 Å². The molecule has 2 rings (SSSR count). The van der Waals surface area contributed by atoms with E-state index in [0.29, 0.717) is 5.02 Å². The van der Waals surface area contributed by atoms with Crippen LogP contribution in [0.2, 0.25) is 10.0 Å². The quantitative estimate of drug-likeness (QED) is 0.575. The van der Waals surface area contributed by atoms with Crippen molar-refractivity contribution >= 4 is 58.3 Å². The number of carbonyl (C=O) groups is 4. The number of nitrogens with one attached hydrogen (secondary N) is 2. The van der Waals surface area contributed by atoms with Gasteiger partial charge in [0.1, 0.15) is 0 Å². The third-order valence-electron chi connectivity index (χ3n) is 3.48. The molecule has 0 aromatic heterocycles.